The molecule has 2 heterocycles. The van der Waals surface area contributed by atoms with E-state index in [1.54, 1.807) is 0 Å². The number of anilines is 2. The van der Waals surface area contributed by atoms with Crippen molar-refractivity contribution in [3.05, 3.63) is 23.8 Å². The number of carbonyl (C=O) groups excluding carboxylic acids is 1. The standard InChI is InChI=1S/C14H19N3O/c18-14-8-11-7-12(1-2-13(11)17-14)16-9-10-3-5-15-6-4-10/h1-2,7,10,15-16H,3-6,8-9H2,(H,17,18). The summed E-state index contributed by atoms with van der Waals surface area (Å²) in [5.74, 6) is 0.861. The summed E-state index contributed by atoms with van der Waals surface area (Å²) in [6.45, 7) is 3.30. The van der Waals surface area contributed by atoms with Crippen LogP contribution in [0.3, 0.4) is 0 Å². The third-order valence-corrected chi connectivity index (χ3v) is 3.78. The number of benzene rings is 1. The lowest BCUT2D eigenvalue weighted by molar-refractivity contribution is -0.115. The van der Waals surface area contributed by atoms with Crippen LogP contribution in [-0.2, 0) is 11.2 Å². The van der Waals surface area contributed by atoms with Crippen molar-refractivity contribution in [2.45, 2.75) is 19.3 Å². The number of piperidine rings is 1. The number of hydrogen-bond donors (Lipinski definition) is 3. The van der Waals surface area contributed by atoms with Crippen LogP contribution in [0.25, 0.3) is 0 Å². The van der Waals surface area contributed by atoms with Crippen LogP contribution in [-0.4, -0.2) is 25.5 Å². The monoisotopic (exact) mass is 245 g/mol. The molecule has 0 saturated carbocycles. The van der Waals surface area contributed by atoms with Gasteiger partial charge >= 0.3 is 0 Å². The maximum atomic E-state index is 11.3. The highest BCUT2D eigenvalue weighted by Crippen LogP contribution is 2.26. The van der Waals surface area contributed by atoms with E-state index in [9.17, 15) is 4.79 Å². The zero-order valence-electron chi connectivity index (χ0n) is 10.5. The topological polar surface area (TPSA) is 53.2 Å². The summed E-state index contributed by atoms with van der Waals surface area (Å²) in [6, 6.07) is 6.13. The zero-order valence-corrected chi connectivity index (χ0v) is 10.5. The molecular weight excluding hydrogens is 226 g/mol. The molecule has 18 heavy (non-hydrogen) atoms. The van der Waals surface area contributed by atoms with Gasteiger partial charge < -0.3 is 16.0 Å². The van der Waals surface area contributed by atoms with Crippen LogP contribution >= 0.6 is 0 Å². The van der Waals surface area contributed by atoms with Crippen molar-refractivity contribution in [1.82, 2.24) is 5.32 Å². The second-order valence-corrected chi connectivity index (χ2v) is 5.17. The predicted molar refractivity (Wildman–Crippen MR) is 72.9 cm³/mol. The van der Waals surface area contributed by atoms with Gasteiger partial charge in [-0.15, -0.1) is 0 Å². The minimum Gasteiger partial charge on any atom is -0.385 e. The van der Waals surface area contributed by atoms with Crippen LogP contribution < -0.4 is 16.0 Å². The highest BCUT2D eigenvalue weighted by molar-refractivity contribution is 5.99. The zero-order chi connectivity index (χ0) is 12.4. The molecule has 0 spiro atoms. The molecule has 0 aliphatic carbocycles. The molecule has 1 aromatic carbocycles. The Bertz CT molecular complexity index is 452. The molecule has 1 amide bonds. The van der Waals surface area contributed by atoms with Gasteiger partial charge in [0.25, 0.3) is 0 Å². The number of nitrogens with one attached hydrogen (secondary N) is 3. The summed E-state index contributed by atoms with van der Waals surface area (Å²) >= 11 is 0. The molecule has 0 aromatic heterocycles. The Morgan fingerprint density at radius 1 is 1.28 bits per heavy atom. The number of hydrogen-bond acceptors (Lipinski definition) is 3. The number of rotatable bonds is 3. The summed E-state index contributed by atoms with van der Waals surface area (Å²) in [5.41, 5.74) is 3.20. The minimum atomic E-state index is 0.0977. The fraction of sp³-hybridized carbons (Fsp3) is 0.500. The molecule has 4 nitrogen and oxygen atoms in total. The van der Waals surface area contributed by atoms with Gasteiger partial charge in [-0.1, -0.05) is 0 Å². The molecule has 1 saturated heterocycles. The number of fused-ring (bicyclic) bond motifs is 1. The summed E-state index contributed by atoms with van der Waals surface area (Å²) in [4.78, 5) is 11.3. The van der Waals surface area contributed by atoms with Gasteiger partial charge in [-0.25, -0.2) is 0 Å². The van der Waals surface area contributed by atoms with Crippen molar-refractivity contribution in [2.75, 3.05) is 30.3 Å². The van der Waals surface area contributed by atoms with Gasteiger partial charge in [0.2, 0.25) is 5.91 Å². The molecule has 2 aliphatic heterocycles. The van der Waals surface area contributed by atoms with Gasteiger partial charge in [0, 0.05) is 17.9 Å². The molecule has 2 aliphatic rings. The molecule has 1 aromatic rings. The molecule has 0 unspecified atom stereocenters. The normalized spacial score (nSPS) is 19.4. The fourth-order valence-corrected chi connectivity index (χ4v) is 2.69. The third-order valence-electron chi connectivity index (χ3n) is 3.78. The Hall–Kier alpha value is -1.55. The second-order valence-electron chi connectivity index (χ2n) is 5.17. The van der Waals surface area contributed by atoms with E-state index in [4.69, 9.17) is 0 Å². The molecule has 0 bridgehead atoms. The predicted octanol–water partition coefficient (Wildman–Crippen LogP) is 1.59. The Morgan fingerprint density at radius 2 is 2.11 bits per heavy atom. The first-order valence-electron chi connectivity index (χ1n) is 6.68. The van der Waals surface area contributed by atoms with Crippen molar-refractivity contribution in [1.29, 1.82) is 0 Å². The maximum absolute atomic E-state index is 11.3. The van der Waals surface area contributed by atoms with Crippen LogP contribution in [0.15, 0.2) is 18.2 Å². The smallest absolute Gasteiger partial charge is 0.228 e. The summed E-state index contributed by atoms with van der Waals surface area (Å²) in [7, 11) is 0. The molecule has 1 fully saturated rings. The van der Waals surface area contributed by atoms with Crippen LogP contribution in [0.2, 0.25) is 0 Å². The second kappa shape index (κ2) is 4.98. The van der Waals surface area contributed by atoms with E-state index in [1.165, 1.54) is 12.8 Å². The van der Waals surface area contributed by atoms with Crippen molar-refractivity contribution >= 4 is 17.3 Å². The van der Waals surface area contributed by atoms with E-state index in [0.717, 1.165) is 42.5 Å². The number of amides is 1. The quantitative estimate of drug-likeness (QED) is 0.758. The van der Waals surface area contributed by atoms with E-state index in [0.29, 0.717) is 6.42 Å². The van der Waals surface area contributed by atoms with E-state index < -0.39 is 0 Å². The molecule has 0 radical (unpaired) electrons. The minimum absolute atomic E-state index is 0.0977. The molecule has 4 heteroatoms. The van der Waals surface area contributed by atoms with E-state index in [-0.39, 0.29) is 5.91 Å². The average Bonchev–Trinajstić information content (AvgIpc) is 2.77. The fourth-order valence-electron chi connectivity index (χ4n) is 2.69. The highest BCUT2D eigenvalue weighted by atomic mass is 16.1. The van der Waals surface area contributed by atoms with Crippen LogP contribution in [0.4, 0.5) is 11.4 Å². The molecular formula is C14H19N3O. The summed E-state index contributed by atoms with van der Waals surface area (Å²) < 4.78 is 0. The van der Waals surface area contributed by atoms with Crippen molar-refractivity contribution in [3.63, 3.8) is 0 Å². The average molecular weight is 245 g/mol. The van der Waals surface area contributed by atoms with Crippen LogP contribution in [0, 0.1) is 5.92 Å². The Morgan fingerprint density at radius 3 is 2.94 bits per heavy atom. The van der Waals surface area contributed by atoms with Gasteiger partial charge in [-0.2, -0.15) is 0 Å². The van der Waals surface area contributed by atoms with Crippen LogP contribution in [0.1, 0.15) is 18.4 Å². The molecule has 0 atom stereocenters. The Balaban J connectivity index is 1.60. The lowest BCUT2D eigenvalue weighted by Gasteiger charge is -2.23. The maximum Gasteiger partial charge on any atom is 0.228 e. The van der Waals surface area contributed by atoms with E-state index in [1.807, 2.05) is 12.1 Å². The lowest BCUT2D eigenvalue weighted by atomic mass is 9.98. The first-order chi connectivity index (χ1) is 8.81. The van der Waals surface area contributed by atoms with E-state index >= 15 is 0 Å². The van der Waals surface area contributed by atoms with Gasteiger partial charge in [0.15, 0.2) is 0 Å². The number of carbonyl (C=O) groups is 1. The van der Waals surface area contributed by atoms with Gasteiger partial charge in [-0.3, -0.25) is 4.79 Å². The van der Waals surface area contributed by atoms with Gasteiger partial charge in [0.1, 0.15) is 0 Å². The third kappa shape index (κ3) is 2.48. The van der Waals surface area contributed by atoms with Crippen molar-refractivity contribution < 1.29 is 4.79 Å². The molecule has 3 N–H and O–H groups in total. The van der Waals surface area contributed by atoms with Gasteiger partial charge in [0.05, 0.1) is 6.42 Å². The Labute approximate surface area is 107 Å². The largest absolute Gasteiger partial charge is 0.385 e. The SMILES string of the molecule is O=C1Cc2cc(NCC3CCNCC3)ccc2N1. The first-order valence-corrected chi connectivity index (χ1v) is 6.68. The summed E-state index contributed by atoms with van der Waals surface area (Å²) in [5, 5.41) is 9.73. The first kappa shape index (κ1) is 11.5. The summed E-state index contributed by atoms with van der Waals surface area (Å²) in [6.07, 6.45) is 3.01. The van der Waals surface area contributed by atoms with E-state index in [2.05, 4.69) is 22.0 Å². The van der Waals surface area contributed by atoms with Crippen molar-refractivity contribution in [2.24, 2.45) is 5.92 Å². The molecule has 96 valence electrons. The highest BCUT2D eigenvalue weighted by Gasteiger charge is 2.18. The van der Waals surface area contributed by atoms with Gasteiger partial charge in [-0.05, 0) is 55.6 Å². The van der Waals surface area contributed by atoms with Crippen LogP contribution in [0.5, 0.6) is 0 Å². The van der Waals surface area contributed by atoms with Crippen molar-refractivity contribution in [3.8, 4) is 0 Å². The lowest BCUT2D eigenvalue weighted by Crippen LogP contribution is -2.31. The molecule has 3 rings (SSSR count). The Kier molecular flexibility index (Phi) is 3.19.